The summed E-state index contributed by atoms with van der Waals surface area (Å²) in [5.41, 5.74) is 0.943. The standard InChI is InChI=1S/C25H20N2O6S2/c1-31-20-8-10-21(11-9-20)32-13-14-33-22-12-7-19(27(29)30)15-17(22)16-23-24(28)26(25(34)35-23)18-5-3-2-4-6-18/h2-12,15-16H,13-14H2,1H3. The zero-order valence-corrected chi connectivity index (χ0v) is 20.2. The number of non-ortho nitro benzene ring substituents is 1. The molecule has 0 aromatic heterocycles. The van der Waals surface area contributed by atoms with E-state index in [0.717, 1.165) is 17.5 Å². The zero-order valence-electron chi connectivity index (χ0n) is 18.6. The Morgan fingerprint density at radius 1 is 1.00 bits per heavy atom. The van der Waals surface area contributed by atoms with Crippen molar-refractivity contribution in [2.45, 2.75) is 0 Å². The predicted octanol–water partition coefficient (Wildman–Crippen LogP) is 5.47. The van der Waals surface area contributed by atoms with E-state index >= 15 is 0 Å². The van der Waals surface area contributed by atoms with Gasteiger partial charge in [-0.2, -0.15) is 0 Å². The number of benzene rings is 3. The molecule has 1 saturated heterocycles. The van der Waals surface area contributed by atoms with Crippen LogP contribution in [-0.4, -0.2) is 35.5 Å². The molecule has 0 spiro atoms. The SMILES string of the molecule is COc1ccc(OCCOc2ccc([N+](=O)[O-])cc2C=C2SC(=S)N(c3ccccc3)C2=O)cc1. The van der Waals surface area contributed by atoms with Crippen LogP contribution in [0.4, 0.5) is 11.4 Å². The molecule has 10 heteroatoms. The van der Waals surface area contributed by atoms with E-state index in [0.29, 0.717) is 32.0 Å². The number of rotatable bonds is 9. The zero-order chi connectivity index (χ0) is 24.8. The second kappa shape index (κ2) is 11.0. The second-order valence-electron chi connectivity index (χ2n) is 7.20. The lowest BCUT2D eigenvalue weighted by Crippen LogP contribution is -2.27. The highest BCUT2D eigenvalue weighted by Gasteiger charge is 2.33. The third-order valence-electron chi connectivity index (χ3n) is 4.97. The highest BCUT2D eigenvalue weighted by atomic mass is 32.2. The van der Waals surface area contributed by atoms with Gasteiger partial charge in [-0.05, 0) is 48.5 Å². The first-order chi connectivity index (χ1) is 17.0. The number of carbonyl (C=O) groups is 1. The fraction of sp³-hybridized carbons (Fsp3) is 0.120. The first-order valence-electron chi connectivity index (χ1n) is 10.5. The average Bonchev–Trinajstić information content (AvgIpc) is 3.15. The second-order valence-corrected chi connectivity index (χ2v) is 8.88. The first kappa shape index (κ1) is 24.2. The van der Waals surface area contributed by atoms with Crippen LogP contribution in [-0.2, 0) is 4.79 Å². The van der Waals surface area contributed by atoms with Crippen molar-refractivity contribution in [3.05, 3.63) is 93.4 Å². The third kappa shape index (κ3) is 5.79. The van der Waals surface area contributed by atoms with Crippen LogP contribution in [0.2, 0.25) is 0 Å². The monoisotopic (exact) mass is 508 g/mol. The average molecular weight is 509 g/mol. The lowest BCUT2D eigenvalue weighted by atomic mass is 10.1. The fourth-order valence-electron chi connectivity index (χ4n) is 3.29. The Balaban J connectivity index is 1.50. The molecule has 0 unspecified atom stereocenters. The minimum atomic E-state index is -0.497. The quantitative estimate of drug-likeness (QED) is 0.124. The van der Waals surface area contributed by atoms with Gasteiger partial charge in [0, 0.05) is 17.7 Å². The molecule has 0 N–H and O–H groups in total. The molecule has 35 heavy (non-hydrogen) atoms. The van der Waals surface area contributed by atoms with Gasteiger partial charge >= 0.3 is 0 Å². The maximum absolute atomic E-state index is 13.1. The molecule has 0 radical (unpaired) electrons. The number of nitrogens with zero attached hydrogens (tertiary/aromatic N) is 2. The third-order valence-corrected chi connectivity index (χ3v) is 6.27. The molecule has 3 aromatic carbocycles. The van der Waals surface area contributed by atoms with Crippen molar-refractivity contribution in [3.63, 3.8) is 0 Å². The number of carbonyl (C=O) groups excluding carboxylic acids is 1. The number of amides is 1. The van der Waals surface area contributed by atoms with E-state index in [-0.39, 0.29) is 24.8 Å². The van der Waals surface area contributed by atoms with Crippen molar-refractivity contribution in [1.82, 2.24) is 0 Å². The number of anilines is 1. The molecule has 1 amide bonds. The predicted molar refractivity (Wildman–Crippen MR) is 139 cm³/mol. The Bertz CT molecular complexity index is 1280. The molecule has 8 nitrogen and oxygen atoms in total. The van der Waals surface area contributed by atoms with E-state index in [1.807, 2.05) is 18.2 Å². The molecule has 1 aliphatic heterocycles. The summed E-state index contributed by atoms with van der Waals surface area (Å²) in [6.45, 7) is 0.439. The van der Waals surface area contributed by atoms with Crippen LogP contribution >= 0.6 is 24.0 Å². The Kier molecular flexibility index (Phi) is 7.64. The van der Waals surface area contributed by atoms with E-state index in [4.69, 9.17) is 26.4 Å². The van der Waals surface area contributed by atoms with Crippen LogP contribution < -0.4 is 19.1 Å². The van der Waals surface area contributed by atoms with Gasteiger partial charge in [0.25, 0.3) is 11.6 Å². The molecular weight excluding hydrogens is 488 g/mol. The van der Waals surface area contributed by atoms with Crippen LogP contribution in [0.3, 0.4) is 0 Å². The normalized spacial score (nSPS) is 14.3. The van der Waals surface area contributed by atoms with Gasteiger partial charge in [0.1, 0.15) is 30.5 Å². The molecule has 0 atom stereocenters. The Morgan fingerprint density at radius 2 is 1.69 bits per heavy atom. The summed E-state index contributed by atoms with van der Waals surface area (Å²) in [6, 6.07) is 20.4. The van der Waals surface area contributed by atoms with Gasteiger partial charge in [-0.25, -0.2) is 0 Å². The van der Waals surface area contributed by atoms with Gasteiger partial charge in [0.2, 0.25) is 0 Å². The van der Waals surface area contributed by atoms with E-state index in [9.17, 15) is 14.9 Å². The van der Waals surface area contributed by atoms with Crippen molar-refractivity contribution < 1.29 is 23.9 Å². The minimum Gasteiger partial charge on any atom is -0.497 e. The number of thiocarbonyl (C=S) groups is 1. The number of para-hydroxylation sites is 1. The maximum atomic E-state index is 13.1. The number of ether oxygens (including phenoxy) is 3. The summed E-state index contributed by atoms with van der Waals surface area (Å²) in [5.74, 6) is 1.47. The van der Waals surface area contributed by atoms with Gasteiger partial charge in [0.15, 0.2) is 4.32 Å². The summed E-state index contributed by atoms with van der Waals surface area (Å²) >= 11 is 6.54. The Labute approximate surface area is 211 Å². The largest absolute Gasteiger partial charge is 0.497 e. The number of nitro groups is 1. The van der Waals surface area contributed by atoms with Crippen molar-refractivity contribution in [3.8, 4) is 17.2 Å². The minimum absolute atomic E-state index is 0.114. The molecule has 3 aromatic rings. The van der Waals surface area contributed by atoms with Gasteiger partial charge in [-0.1, -0.05) is 42.2 Å². The number of thioether (sulfide) groups is 1. The Hall–Kier alpha value is -3.89. The van der Waals surface area contributed by atoms with Gasteiger partial charge in [-0.15, -0.1) is 0 Å². The van der Waals surface area contributed by atoms with E-state index < -0.39 is 4.92 Å². The van der Waals surface area contributed by atoms with Crippen LogP contribution in [0, 0.1) is 10.1 Å². The molecule has 178 valence electrons. The smallest absolute Gasteiger partial charge is 0.270 e. The molecule has 1 fully saturated rings. The summed E-state index contributed by atoms with van der Waals surface area (Å²) in [4.78, 5) is 25.7. The van der Waals surface area contributed by atoms with Crippen molar-refractivity contribution >= 4 is 51.7 Å². The maximum Gasteiger partial charge on any atom is 0.270 e. The van der Waals surface area contributed by atoms with Crippen molar-refractivity contribution in [1.29, 1.82) is 0 Å². The molecule has 0 aliphatic carbocycles. The topological polar surface area (TPSA) is 91.1 Å². The van der Waals surface area contributed by atoms with Crippen molar-refractivity contribution in [2.24, 2.45) is 0 Å². The van der Waals surface area contributed by atoms with Crippen LogP contribution in [0.5, 0.6) is 17.2 Å². The summed E-state index contributed by atoms with van der Waals surface area (Å²) in [6.07, 6.45) is 1.56. The first-order valence-corrected chi connectivity index (χ1v) is 11.7. The molecule has 1 heterocycles. The molecule has 1 aliphatic rings. The van der Waals surface area contributed by atoms with Gasteiger partial charge in [0.05, 0.1) is 22.6 Å². The highest BCUT2D eigenvalue weighted by Crippen LogP contribution is 2.37. The number of nitro benzene ring substituents is 1. The van der Waals surface area contributed by atoms with Crippen LogP contribution in [0.1, 0.15) is 5.56 Å². The highest BCUT2D eigenvalue weighted by molar-refractivity contribution is 8.27. The van der Waals surface area contributed by atoms with Crippen LogP contribution in [0.15, 0.2) is 77.7 Å². The van der Waals surface area contributed by atoms with E-state index in [2.05, 4.69) is 0 Å². The molecule has 0 bridgehead atoms. The lowest BCUT2D eigenvalue weighted by molar-refractivity contribution is -0.384. The lowest BCUT2D eigenvalue weighted by Gasteiger charge is -2.14. The summed E-state index contributed by atoms with van der Waals surface area (Å²) < 4.78 is 17.0. The van der Waals surface area contributed by atoms with E-state index in [1.165, 1.54) is 23.1 Å². The van der Waals surface area contributed by atoms with Gasteiger partial charge in [-0.3, -0.25) is 19.8 Å². The summed E-state index contributed by atoms with van der Waals surface area (Å²) in [5, 5.41) is 11.3. The van der Waals surface area contributed by atoms with E-state index in [1.54, 1.807) is 49.6 Å². The van der Waals surface area contributed by atoms with Crippen molar-refractivity contribution in [2.75, 3.05) is 25.2 Å². The fourth-order valence-corrected chi connectivity index (χ4v) is 4.58. The number of hydrogen-bond donors (Lipinski definition) is 0. The number of hydrogen-bond acceptors (Lipinski definition) is 8. The molecule has 4 rings (SSSR count). The molecular formula is C25H20N2O6S2. The van der Waals surface area contributed by atoms with Crippen LogP contribution in [0.25, 0.3) is 6.08 Å². The summed E-state index contributed by atoms with van der Waals surface area (Å²) in [7, 11) is 1.59. The van der Waals surface area contributed by atoms with Gasteiger partial charge < -0.3 is 14.2 Å². The molecule has 0 saturated carbocycles. The Morgan fingerprint density at radius 3 is 2.37 bits per heavy atom. The number of methoxy groups -OCH3 is 1.